The normalized spacial score (nSPS) is 34.5. The maximum Gasteiger partial charge on any atom is 0.240 e. The van der Waals surface area contributed by atoms with Crippen molar-refractivity contribution in [3.05, 3.63) is 12.2 Å². The molecular formula is C12H16N2O. The summed E-state index contributed by atoms with van der Waals surface area (Å²) in [6.07, 6.45) is 7.40. The first kappa shape index (κ1) is 10.2. The minimum atomic E-state index is -0.720. The summed E-state index contributed by atoms with van der Waals surface area (Å²) < 4.78 is 0. The highest BCUT2D eigenvalue weighted by molar-refractivity contribution is 5.86. The van der Waals surface area contributed by atoms with Crippen LogP contribution in [-0.2, 0) is 4.79 Å². The Morgan fingerprint density at radius 2 is 2.07 bits per heavy atom. The van der Waals surface area contributed by atoms with Gasteiger partial charge in [-0.3, -0.25) is 4.79 Å². The second-order valence-corrected chi connectivity index (χ2v) is 4.82. The molecular weight excluding hydrogens is 188 g/mol. The fraction of sp³-hybridized carbons (Fsp3) is 0.667. The van der Waals surface area contributed by atoms with Gasteiger partial charge in [-0.05, 0) is 31.6 Å². The fourth-order valence-electron chi connectivity index (χ4n) is 2.52. The predicted molar refractivity (Wildman–Crippen MR) is 56.7 cm³/mol. The van der Waals surface area contributed by atoms with Gasteiger partial charge in [0, 0.05) is 6.04 Å². The van der Waals surface area contributed by atoms with Crippen molar-refractivity contribution in [2.45, 2.75) is 38.6 Å². The van der Waals surface area contributed by atoms with Gasteiger partial charge in [-0.25, -0.2) is 0 Å². The summed E-state index contributed by atoms with van der Waals surface area (Å²) in [5.74, 6) is 0.453. The molecule has 0 aromatic carbocycles. The molecule has 3 heteroatoms. The van der Waals surface area contributed by atoms with Crippen LogP contribution in [0.15, 0.2) is 12.2 Å². The second-order valence-electron chi connectivity index (χ2n) is 4.82. The minimum absolute atomic E-state index is 0.0585. The van der Waals surface area contributed by atoms with Gasteiger partial charge in [0.1, 0.15) is 5.41 Å². The van der Waals surface area contributed by atoms with Gasteiger partial charge in [-0.2, -0.15) is 5.26 Å². The zero-order chi connectivity index (χ0) is 10.9. The van der Waals surface area contributed by atoms with E-state index in [1.807, 2.05) is 0 Å². The molecule has 15 heavy (non-hydrogen) atoms. The van der Waals surface area contributed by atoms with Crippen LogP contribution in [0.4, 0.5) is 0 Å². The highest BCUT2D eigenvalue weighted by Crippen LogP contribution is 2.45. The van der Waals surface area contributed by atoms with E-state index in [-0.39, 0.29) is 11.9 Å². The van der Waals surface area contributed by atoms with Crippen LogP contribution in [0.1, 0.15) is 32.6 Å². The number of nitriles is 1. The van der Waals surface area contributed by atoms with Gasteiger partial charge in [0.2, 0.25) is 5.91 Å². The molecule has 1 N–H and O–H groups in total. The molecule has 1 amide bonds. The average Bonchev–Trinajstić information content (AvgIpc) is 2.64. The lowest BCUT2D eigenvalue weighted by Gasteiger charge is -2.39. The van der Waals surface area contributed by atoms with Crippen LogP contribution in [0.2, 0.25) is 0 Å². The summed E-state index contributed by atoms with van der Waals surface area (Å²) in [5, 5.41) is 12.0. The van der Waals surface area contributed by atoms with Crippen LogP contribution >= 0.6 is 0 Å². The van der Waals surface area contributed by atoms with Crippen molar-refractivity contribution in [3.63, 3.8) is 0 Å². The molecule has 2 rings (SSSR count). The van der Waals surface area contributed by atoms with Gasteiger partial charge >= 0.3 is 0 Å². The Bertz CT molecular complexity index is 326. The summed E-state index contributed by atoms with van der Waals surface area (Å²) in [5.41, 5.74) is -0.720. The summed E-state index contributed by atoms with van der Waals surface area (Å²) >= 11 is 0. The largest absolute Gasteiger partial charge is 0.351 e. The SMILES string of the molecule is CC1CC(C#N)(C(=O)NC2CC=CC2)C1. The number of carbonyl (C=O) groups excluding carboxylic acids is 1. The number of amides is 1. The van der Waals surface area contributed by atoms with Crippen molar-refractivity contribution in [2.24, 2.45) is 11.3 Å². The highest BCUT2D eigenvalue weighted by Gasteiger charge is 2.49. The van der Waals surface area contributed by atoms with Crippen LogP contribution in [0, 0.1) is 22.7 Å². The third-order valence-corrected chi connectivity index (χ3v) is 3.39. The first-order chi connectivity index (χ1) is 7.16. The van der Waals surface area contributed by atoms with Gasteiger partial charge in [0.25, 0.3) is 0 Å². The lowest BCUT2D eigenvalue weighted by molar-refractivity contribution is -0.134. The minimum Gasteiger partial charge on any atom is -0.351 e. The van der Waals surface area contributed by atoms with E-state index in [1.54, 1.807) is 0 Å². The van der Waals surface area contributed by atoms with E-state index < -0.39 is 5.41 Å². The van der Waals surface area contributed by atoms with Crippen molar-refractivity contribution in [1.29, 1.82) is 5.26 Å². The van der Waals surface area contributed by atoms with E-state index in [9.17, 15) is 4.79 Å². The topological polar surface area (TPSA) is 52.9 Å². The molecule has 0 aromatic heterocycles. The number of nitrogens with one attached hydrogen (secondary N) is 1. The van der Waals surface area contributed by atoms with Gasteiger partial charge in [0.15, 0.2) is 0 Å². The van der Waals surface area contributed by atoms with E-state index in [0.29, 0.717) is 5.92 Å². The van der Waals surface area contributed by atoms with Gasteiger partial charge in [-0.1, -0.05) is 19.1 Å². The molecule has 1 saturated carbocycles. The van der Waals surface area contributed by atoms with Crippen molar-refractivity contribution in [3.8, 4) is 6.07 Å². The van der Waals surface area contributed by atoms with E-state index in [2.05, 4.69) is 30.5 Å². The van der Waals surface area contributed by atoms with E-state index in [4.69, 9.17) is 5.26 Å². The molecule has 0 spiro atoms. The zero-order valence-corrected chi connectivity index (χ0v) is 8.99. The number of nitrogens with zero attached hydrogens (tertiary/aromatic N) is 1. The molecule has 0 aliphatic heterocycles. The van der Waals surface area contributed by atoms with Crippen molar-refractivity contribution in [1.82, 2.24) is 5.32 Å². The van der Waals surface area contributed by atoms with Crippen LogP contribution < -0.4 is 5.32 Å². The van der Waals surface area contributed by atoms with E-state index in [0.717, 1.165) is 25.7 Å². The molecule has 0 saturated heterocycles. The van der Waals surface area contributed by atoms with Crippen molar-refractivity contribution < 1.29 is 4.79 Å². The number of rotatable bonds is 2. The van der Waals surface area contributed by atoms with E-state index >= 15 is 0 Å². The molecule has 0 heterocycles. The molecule has 1 fully saturated rings. The second kappa shape index (κ2) is 3.69. The monoisotopic (exact) mass is 204 g/mol. The van der Waals surface area contributed by atoms with Gasteiger partial charge in [-0.15, -0.1) is 0 Å². The van der Waals surface area contributed by atoms with Gasteiger partial charge in [0.05, 0.1) is 6.07 Å². The Hall–Kier alpha value is -1.30. The lowest BCUT2D eigenvalue weighted by Crippen LogP contribution is -2.50. The molecule has 80 valence electrons. The summed E-state index contributed by atoms with van der Waals surface area (Å²) in [7, 11) is 0. The molecule has 3 nitrogen and oxygen atoms in total. The Morgan fingerprint density at radius 1 is 1.47 bits per heavy atom. The summed E-state index contributed by atoms with van der Waals surface area (Å²) in [6.45, 7) is 2.08. The quantitative estimate of drug-likeness (QED) is 0.697. The standard InChI is InChI=1S/C12H16N2O/c1-9-6-12(7-9,8-13)11(15)14-10-4-2-3-5-10/h2-3,9-10H,4-7H2,1H3,(H,14,15). The third-order valence-electron chi connectivity index (χ3n) is 3.39. The Morgan fingerprint density at radius 3 is 2.53 bits per heavy atom. The predicted octanol–water partition coefficient (Wildman–Crippen LogP) is 1.76. The molecule has 0 radical (unpaired) electrons. The van der Waals surface area contributed by atoms with Gasteiger partial charge < -0.3 is 5.32 Å². The maximum absolute atomic E-state index is 11.9. The Balaban J connectivity index is 1.93. The molecule has 0 unspecified atom stereocenters. The van der Waals surface area contributed by atoms with Crippen LogP contribution in [0.3, 0.4) is 0 Å². The highest BCUT2D eigenvalue weighted by atomic mass is 16.2. The molecule has 2 aliphatic carbocycles. The Labute approximate surface area is 90.2 Å². The zero-order valence-electron chi connectivity index (χ0n) is 8.99. The maximum atomic E-state index is 11.9. The summed E-state index contributed by atoms with van der Waals surface area (Å²) in [6, 6.07) is 2.41. The average molecular weight is 204 g/mol. The molecule has 2 aliphatic rings. The molecule has 0 aromatic rings. The van der Waals surface area contributed by atoms with Crippen molar-refractivity contribution >= 4 is 5.91 Å². The first-order valence-electron chi connectivity index (χ1n) is 5.53. The Kier molecular flexibility index (Phi) is 2.52. The smallest absolute Gasteiger partial charge is 0.240 e. The summed E-state index contributed by atoms with van der Waals surface area (Å²) in [4.78, 5) is 11.9. The molecule has 0 atom stereocenters. The van der Waals surface area contributed by atoms with Crippen molar-refractivity contribution in [2.75, 3.05) is 0 Å². The number of hydrogen-bond donors (Lipinski definition) is 1. The first-order valence-corrected chi connectivity index (χ1v) is 5.53. The number of carbonyl (C=O) groups is 1. The third kappa shape index (κ3) is 1.77. The lowest BCUT2D eigenvalue weighted by atomic mass is 9.63. The fourth-order valence-corrected chi connectivity index (χ4v) is 2.52. The molecule has 0 bridgehead atoms. The van der Waals surface area contributed by atoms with Crippen LogP contribution in [-0.4, -0.2) is 11.9 Å². The van der Waals surface area contributed by atoms with Crippen LogP contribution in [0.5, 0.6) is 0 Å². The number of hydrogen-bond acceptors (Lipinski definition) is 2. The van der Waals surface area contributed by atoms with Crippen LogP contribution in [0.25, 0.3) is 0 Å². The van der Waals surface area contributed by atoms with E-state index in [1.165, 1.54) is 0 Å².